The van der Waals surface area contributed by atoms with Gasteiger partial charge in [0.25, 0.3) is 5.91 Å². The molecule has 2 aromatic rings. The Balaban J connectivity index is 1.63. The Kier molecular flexibility index (Phi) is 5.43. The molecule has 1 N–H and O–H groups in total. The number of para-hydroxylation sites is 1. The monoisotopic (exact) mass is 405 g/mol. The largest absolute Gasteiger partial charge is 0.381 e. The maximum atomic E-state index is 13.6. The number of hydrogen-bond donors (Lipinski definition) is 1. The van der Waals surface area contributed by atoms with Crippen LogP contribution in [0.3, 0.4) is 0 Å². The molecule has 0 saturated carbocycles. The van der Waals surface area contributed by atoms with Gasteiger partial charge < -0.3 is 15.1 Å². The van der Waals surface area contributed by atoms with Crippen LogP contribution in [-0.2, 0) is 9.63 Å². The number of aryl methyl sites for hydroxylation is 1. The van der Waals surface area contributed by atoms with Crippen molar-refractivity contribution in [2.75, 3.05) is 18.0 Å². The fourth-order valence-electron chi connectivity index (χ4n) is 3.98. The quantitative estimate of drug-likeness (QED) is 0.846. The summed E-state index contributed by atoms with van der Waals surface area (Å²) in [6.07, 6.45) is 2.00. The van der Waals surface area contributed by atoms with E-state index in [2.05, 4.69) is 10.5 Å². The van der Waals surface area contributed by atoms with Gasteiger partial charge in [0, 0.05) is 29.4 Å². The highest BCUT2D eigenvalue weighted by Gasteiger charge is 2.40. The van der Waals surface area contributed by atoms with Gasteiger partial charge in [-0.05, 0) is 63.9 Å². The lowest BCUT2D eigenvalue weighted by atomic mass is 9.95. The summed E-state index contributed by atoms with van der Waals surface area (Å²) in [5, 5.41) is 7.35. The Morgan fingerprint density at radius 1 is 1.17 bits per heavy atom. The lowest BCUT2D eigenvalue weighted by Gasteiger charge is -2.35. The number of Topliss-reactive ketones (excluding diaryl/α,β-unsaturated/α-hetero) is 1. The molecule has 0 unspecified atom stereocenters. The van der Waals surface area contributed by atoms with Crippen molar-refractivity contribution in [1.29, 1.82) is 0 Å². The Hall–Kier alpha value is -2.99. The van der Waals surface area contributed by atoms with Crippen LogP contribution >= 0.6 is 0 Å². The highest BCUT2D eigenvalue weighted by Crippen LogP contribution is 2.27. The average molecular weight is 405 g/mol. The van der Waals surface area contributed by atoms with Gasteiger partial charge in [-0.25, -0.2) is 0 Å². The van der Waals surface area contributed by atoms with Gasteiger partial charge in [0.1, 0.15) is 0 Å². The first-order valence-electron chi connectivity index (χ1n) is 10.4. The number of carbonyl (C=O) groups excluding carboxylic acids is 2. The van der Waals surface area contributed by atoms with E-state index in [1.807, 2.05) is 36.1 Å². The third-order valence-electron chi connectivity index (χ3n) is 5.76. The number of nitrogens with one attached hydrogen (secondary N) is 1. The van der Waals surface area contributed by atoms with E-state index in [0.717, 1.165) is 37.2 Å². The number of ketones is 1. The zero-order chi connectivity index (χ0) is 21.3. The molecule has 2 aromatic carbocycles. The maximum Gasteiger partial charge on any atom is 0.258 e. The molecule has 30 heavy (non-hydrogen) atoms. The summed E-state index contributed by atoms with van der Waals surface area (Å²) in [5.41, 5.74) is 2.59. The molecule has 156 valence electrons. The number of oxime groups is 1. The number of hydrogen-bond acceptors (Lipinski definition) is 5. The molecule has 2 heterocycles. The van der Waals surface area contributed by atoms with Crippen molar-refractivity contribution < 1.29 is 14.4 Å². The van der Waals surface area contributed by atoms with E-state index in [4.69, 9.17) is 4.84 Å². The van der Waals surface area contributed by atoms with Gasteiger partial charge in [-0.3, -0.25) is 9.59 Å². The first-order valence-corrected chi connectivity index (χ1v) is 10.4. The van der Waals surface area contributed by atoms with Gasteiger partial charge in [0.05, 0.1) is 0 Å². The van der Waals surface area contributed by atoms with Crippen LogP contribution in [0.5, 0.6) is 0 Å². The highest BCUT2D eigenvalue weighted by atomic mass is 16.7. The van der Waals surface area contributed by atoms with Gasteiger partial charge in [-0.1, -0.05) is 35.5 Å². The molecule has 4 rings (SSSR count). The second kappa shape index (κ2) is 8.03. The standard InChI is InChI=1S/C24H27N3O3/c1-16-7-4-5-9-20(16)27(19-8-6-14-25-15-19)23(29)18-12-10-17(11-13-18)21-22(28)24(2,3)30-26-21/h4-5,7,9-13,19,25H,6,8,14-15H2,1-3H3/t19-/m1/s1. The molecule has 0 aliphatic carbocycles. The Bertz CT molecular complexity index is 989. The first kappa shape index (κ1) is 20.3. The summed E-state index contributed by atoms with van der Waals surface area (Å²) in [4.78, 5) is 33.2. The maximum absolute atomic E-state index is 13.6. The molecule has 1 atom stereocenters. The molecule has 0 aromatic heterocycles. The van der Waals surface area contributed by atoms with Crippen LogP contribution in [-0.4, -0.2) is 42.1 Å². The summed E-state index contributed by atoms with van der Waals surface area (Å²) >= 11 is 0. The summed E-state index contributed by atoms with van der Waals surface area (Å²) in [6.45, 7) is 7.18. The molecule has 0 bridgehead atoms. The molecule has 1 fully saturated rings. The third kappa shape index (κ3) is 3.75. The second-order valence-electron chi connectivity index (χ2n) is 8.41. The fraction of sp³-hybridized carbons (Fsp3) is 0.375. The normalized spacial score (nSPS) is 20.4. The van der Waals surface area contributed by atoms with Crippen molar-refractivity contribution >= 4 is 23.1 Å². The molecule has 1 saturated heterocycles. The minimum absolute atomic E-state index is 0.0409. The van der Waals surface area contributed by atoms with E-state index in [-0.39, 0.29) is 17.7 Å². The highest BCUT2D eigenvalue weighted by molar-refractivity contribution is 6.49. The molecule has 0 spiro atoms. The van der Waals surface area contributed by atoms with Gasteiger partial charge >= 0.3 is 0 Å². The Morgan fingerprint density at radius 3 is 2.50 bits per heavy atom. The Labute approximate surface area is 176 Å². The third-order valence-corrected chi connectivity index (χ3v) is 5.76. The van der Waals surface area contributed by atoms with Crippen LogP contribution in [0.2, 0.25) is 0 Å². The van der Waals surface area contributed by atoms with Crippen molar-refractivity contribution in [2.45, 2.75) is 45.3 Å². The van der Waals surface area contributed by atoms with E-state index < -0.39 is 5.60 Å². The van der Waals surface area contributed by atoms with E-state index in [1.165, 1.54) is 0 Å². The summed E-state index contributed by atoms with van der Waals surface area (Å²) in [5.74, 6) is -0.197. The SMILES string of the molecule is Cc1ccccc1N(C(=O)c1ccc(C2=NOC(C)(C)C2=O)cc1)[C@@H]1CCCNC1. The predicted molar refractivity (Wildman–Crippen MR) is 117 cm³/mol. The van der Waals surface area contributed by atoms with Crippen LogP contribution in [0.15, 0.2) is 53.7 Å². The lowest BCUT2D eigenvalue weighted by Crippen LogP contribution is -2.49. The zero-order valence-electron chi connectivity index (χ0n) is 17.6. The molecule has 6 nitrogen and oxygen atoms in total. The average Bonchev–Trinajstić information content (AvgIpc) is 3.03. The molecular weight excluding hydrogens is 378 g/mol. The van der Waals surface area contributed by atoms with Gasteiger partial charge in [-0.15, -0.1) is 0 Å². The number of amides is 1. The van der Waals surface area contributed by atoms with Gasteiger partial charge in [0.2, 0.25) is 5.78 Å². The van der Waals surface area contributed by atoms with E-state index in [1.54, 1.807) is 38.1 Å². The molecule has 2 aliphatic heterocycles. The topological polar surface area (TPSA) is 71.0 Å². The first-order chi connectivity index (χ1) is 14.4. The number of rotatable bonds is 4. The van der Waals surface area contributed by atoms with Crippen LogP contribution in [0, 0.1) is 6.92 Å². The fourth-order valence-corrected chi connectivity index (χ4v) is 3.98. The van der Waals surface area contributed by atoms with Crippen molar-refractivity contribution in [3.05, 3.63) is 65.2 Å². The summed E-state index contributed by atoms with van der Waals surface area (Å²) in [6, 6.07) is 15.1. The smallest absolute Gasteiger partial charge is 0.258 e. The van der Waals surface area contributed by atoms with Crippen molar-refractivity contribution in [3.63, 3.8) is 0 Å². The van der Waals surface area contributed by atoms with Crippen molar-refractivity contribution in [3.8, 4) is 0 Å². The van der Waals surface area contributed by atoms with E-state index in [9.17, 15) is 9.59 Å². The van der Waals surface area contributed by atoms with Gasteiger partial charge in [-0.2, -0.15) is 0 Å². The number of anilines is 1. The molecule has 6 heteroatoms. The number of benzene rings is 2. The minimum atomic E-state index is -0.945. The van der Waals surface area contributed by atoms with E-state index in [0.29, 0.717) is 16.8 Å². The lowest BCUT2D eigenvalue weighted by molar-refractivity contribution is -0.128. The minimum Gasteiger partial charge on any atom is -0.381 e. The molecule has 0 radical (unpaired) electrons. The predicted octanol–water partition coefficient (Wildman–Crippen LogP) is 3.48. The molecule has 1 amide bonds. The molecular formula is C24H27N3O3. The van der Waals surface area contributed by atoms with Crippen LogP contribution in [0.1, 0.15) is 48.2 Å². The number of carbonyl (C=O) groups is 2. The summed E-state index contributed by atoms with van der Waals surface area (Å²) < 4.78 is 0. The summed E-state index contributed by atoms with van der Waals surface area (Å²) in [7, 11) is 0. The second-order valence-corrected chi connectivity index (χ2v) is 8.41. The zero-order valence-corrected chi connectivity index (χ0v) is 17.6. The van der Waals surface area contributed by atoms with Crippen LogP contribution in [0.4, 0.5) is 5.69 Å². The molecule has 2 aliphatic rings. The van der Waals surface area contributed by atoms with Crippen molar-refractivity contribution in [2.24, 2.45) is 5.16 Å². The number of piperidine rings is 1. The van der Waals surface area contributed by atoms with Crippen LogP contribution < -0.4 is 10.2 Å². The van der Waals surface area contributed by atoms with Crippen molar-refractivity contribution in [1.82, 2.24) is 5.32 Å². The Morgan fingerprint density at radius 2 is 1.90 bits per heavy atom. The van der Waals surface area contributed by atoms with Gasteiger partial charge in [0.15, 0.2) is 11.3 Å². The number of nitrogens with zero attached hydrogens (tertiary/aromatic N) is 2. The van der Waals surface area contributed by atoms with Crippen LogP contribution in [0.25, 0.3) is 0 Å². The van der Waals surface area contributed by atoms with E-state index >= 15 is 0 Å².